The maximum atomic E-state index is 12.1. The van der Waals surface area contributed by atoms with Crippen LogP contribution in [0, 0.1) is 0 Å². The summed E-state index contributed by atoms with van der Waals surface area (Å²) in [4.78, 5) is 30.7. The number of nitrogens with zero attached hydrogens (tertiary/aromatic N) is 1. The Labute approximate surface area is 135 Å². The zero-order valence-electron chi connectivity index (χ0n) is 14.0. The molecule has 0 atom stereocenters. The fraction of sp³-hybridized carbons (Fsp3) is 0.562. The van der Waals surface area contributed by atoms with Gasteiger partial charge < -0.3 is 19.2 Å². The fourth-order valence-electron chi connectivity index (χ4n) is 1.76. The number of esters is 1. The zero-order chi connectivity index (χ0) is 17.2. The monoisotopic (exact) mass is 324 g/mol. The van der Waals surface area contributed by atoms with Gasteiger partial charge in [0.25, 0.3) is 5.56 Å². The predicted molar refractivity (Wildman–Crippen MR) is 85.9 cm³/mol. The number of H-pyrrole nitrogens is 1. The van der Waals surface area contributed by atoms with Crippen molar-refractivity contribution in [3.8, 4) is 5.75 Å². The first-order valence-corrected chi connectivity index (χ1v) is 7.60. The normalized spacial score (nSPS) is 11.2. The molecule has 0 amide bonds. The summed E-state index contributed by atoms with van der Waals surface area (Å²) in [6, 6.07) is 0. The van der Waals surface area contributed by atoms with E-state index < -0.39 is 11.5 Å². The lowest BCUT2D eigenvalue weighted by Crippen LogP contribution is -2.24. The average molecular weight is 324 g/mol. The van der Waals surface area contributed by atoms with E-state index in [1.54, 1.807) is 13.8 Å². The quantitative estimate of drug-likeness (QED) is 0.424. The lowest BCUT2D eigenvalue weighted by molar-refractivity contribution is 0.0585. The number of methoxy groups -OCH3 is 1. The number of rotatable bonds is 9. The van der Waals surface area contributed by atoms with Gasteiger partial charge in [0.2, 0.25) is 5.75 Å². The second-order valence-electron chi connectivity index (χ2n) is 5.05. The van der Waals surface area contributed by atoms with Crippen LogP contribution in [0.1, 0.15) is 43.5 Å². The molecule has 1 aromatic rings. The van der Waals surface area contributed by atoms with Gasteiger partial charge in [0.15, 0.2) is 5.69 Å². The van der Waals surface area contributed by atoms with Crippen LogP contribution in [0.3, 0.4) is 0 Å². The molecule has 0 saturated heterocycles. The Morgan fingerprint density at radius 1 is 1.35 bits per heavy atom. The number of carbonyl (C=O) groups excluding carboxylic acids is 1. The van der Waals surface area contributed by atoms with E-state index in [0.29, 0.717) is 25.5 Å². The molecular formula is C16H24N2O5. The third-order valence-electron chi connectivity index (χ3n) is 2.76. The summed E-state index contributed by atoms with van der Waals surface area (Å²) in [5, 5.41) is 0. The van der Waals surface area contributed by atoms with Crippen molar-refractivity contribution in [3.63, 3.8) is 0 Å². The van der Waals surface area contributed by atoms with Gasteiger partial charge in [0, 0.05) is 6.42 Å². The van der Waals surface area contributed by atoms with Crippen molar-refractivity contribution >= 4 is 5.97 Å². The SMILES string of the molecule is CCC=CCOCCc1nc(C(=O)OC)c(OC(C)C)c(=O)[nH]1. The molecule has 0 aliphatic heterocycles. The van der Waals surface area contributed by atoms with Gasteiger partial charge in [-0.05, 0) is 20.3 Å². The van der Waals surface area contributed by atoms with Gasteiger partial charge >= 0.3 is 5.97 Å². The first-order valence-electron chi connectivity index (χ1n) is 7.60. The van der Waals surface area contributed by atoms with Crippen molar-refractivity contribution in [2.75, 3.05) is 20.3 Å². The molecule has 0 bridgehead atoms. The molecule has 7 nitrogen and oxygen atoms in total. The maximum Gasteiger partial charge on any atom is 0.360 e. The minimum Gasteiger partial charge on any atom is -0.483 e. The maximum absolute atomic E-state index is 12.1. The van der Waals surface area contributed by atoms with Crippen molar-refractivity contribution in [2.45, 2.75) is 39.7 Å². The first-order chi connectivity index (χ1) is 11.0. The van der Waals surface area contributed by atoms with Crippen LogP contribution >= 0.6 is 0 Å². The highest BCUT2D eigenvalue weighted by Crippen LogP contribution is 2.13. The smallest absolute Gasteiger partial charge is 0.360 e. The second kappa shape index (κ2) is 9.78. The van der Waals surface area contributed by atoms with Crippen LogP contribution in [-0.4, -0.2) is 42.4 Å². The van der Waals surface area contributed by atoms with Gasteiger partial charge in [-0.25, -0.2) is 9.78 Å². The van der Waals surface area contributed by atoms with Crippen molar-refractivity contribution < 1.29 is 19.0 Å². The molecule has 128 valence electrons. The summed E-state index contributed by atoms with van der Waals surface area (Å²) in [5.41, 5.74) is -0.624. The van der Waals surface area contributed by atoms with Crippen LogP contribution in [0.25, 0.3) is 0 Å². The molecule has 0 aliphatic carbocycles. The number of carbonyl (C=O) groups is 1. The van der Waals surface area contributed by atoms with Crippen molar-refractivity contribution in [2.24, 2.45) is 0 Å². The number of allylic oxidation sites excluding steroid dienone is 1. The lowest BCUT2D eigenvalue weighted by atomic mass is 10.3. The highest BCUT2D eigenvalue weighted by Gasteiger charge is 2.21. The molecule has 0 spiro atoms. The predicted octanol–water partition coefficient (Wildman–Crippen LogP) is 1.87. The van der Waals surface area contributed by atoms with E-state index in [4.69, 9.17) is 9.47 Å². The van der Waals surface area contributed by atoms with Crippen molar-refractivity contribution in [1.29, 1.82) is 0 Å². The van der Waals surface area contributed by atoms with Crippen LogP contribution in [-0.2, 0) is 15.9 Å². The molecule has 23 heavy (non-hydrogen) atoms. The first kappa shape index (κ1) is 18.9. The molecule has 1 N–H and O–H groups in total. The molecule has 0 saturated carbocycles. The molecule has 1 rings (SSSR count). The lowest BCUT2D eigenvalue weighted by Gasteiger charge is -2.12. The number of hydrogen-bond acceptors (Lipinski definition) is 6. The third kappa shape index (κ3) is 6.23. The van der Waals surface area contributed by atoms with Gasteiger partial charge in [-0.1, -0.05) is 19.1 Å². The minimum atomic E-state index is -0.709. The number of hydrogen-bond donors (Lipinski definition) is 1. The van der Waals surface area contributed by atoms with Crippen molar-refractivity contribution in [1.82, 2.24) is 9.97 Å². The summed E-state index contributed by atoms with van der Waals surface area (Å²) >= 11 is 0. The second-order valence-corrected chi connectivity index (χ2v) is 5.05. The number of ether oxygens (including phenoxy) is 3. The number of aromatic nitrogens is 2. The Kier molecular flexibility index (Phi) is 8.04. The van der Waals surface area contributed by atoms with E-state index >= 15 is 0 Å². The van der Waals surface area contributed by atoms with Gasteiger partial charge in [0.1, 0.15) is 5.82 Å². The molecule has 0 aliphatic rings. The average Bonchev–Trinajstić information content (AvgIpc) is 2.51. The Balaban J connectivity index is 2.86. The summed E-state index contributed by atoms with van der Waals surface area (Å²) in [6.45, 7) is 6.43. The molecule has 1 aromatic heterocycles. The topological polar surface area (TPSA) is 90.5 Å². The van der Waals surface area contributed by atoms with E-state index in [1.165, 1.54) is 7.11 Å². The summed E-state index contributed by atoms with van der Waals surface area (Å²) in [7, 11) is 1.23. The Morgan fingerprint density at radius 2 is 2.09 bits per heavy atom. The molecule has 7 heteroatoms. The molecule has 0 aromatic carbocycles. The largest absolute Gasteiger partial charge is 0.483 e. The summed E-state index contributed by atoms with van der Waals surface area (Å²) < 4.78 is 15.4. The number of nitrogens with one attached hydrogen (secondary N) is 1. The van der Waals surface area contributed by atoms with Gasteiger partial charge in [-0.2, -0.15) is 0 Å². The van der Waals surface area contributed by atoms with E-state index in [1.807, 2.05) is 19.1 Å². The zero-order valence-corrected chi connectivity index (χ0v) is 14.0. The van der Waals surface area contributed by atoms with E-state index in [0.717, 1.165) is 6.42 Å². The van der Waals surface area contributed by atoms with Gasteiger partial charge in [-0.15, -0.1) is 0 Å². The van der Waals surface area contributed by atoms with Crippen LogP contribution < -0.4 is 10.3 Å². The van der Waals surface area contributed by atoms with Gasteiger partial charge in [0.05, 0.1) is 26.4 Å². The Bertz CT molecular complexity index is 593. The fourth-order valence-corrected chi connectivity index (χ4v) is 1.76. The molecule has 0 fully saturated rings. The van der Waals surface area contributed by atoms with E-state index in [-0.39, 0.29) is 17.5 Å². The van der Waals surface area contributed by atoms with E-state index in [2.05, 4.69) is 14.7 Å². The summed E-state index contributed by atoms with van der Waals surface area (Å²) in [6.07, 6.45) is 5.00. The molecular weight excluding hydrogens is 300 g/mol. The van der Waals surface area contributed by atoms with Crippen LogP contribution in [0.5, 0.6) is 5.75 Å². The van der Waals surface area contributed by atoms with Crippen molar-refractivity contribution in [3.05, 3.63) is 34.0 Å². The van der Waals surface area contributed by atoms with Gasteiger partial charge in [-0.3, -0.25) is 4.79 Å². The van der Waals surface area contributed by atoms with Crippen LogP contribution in [0.2, 0.25) is 0 Å². The van der Waals surface area contributed by atoms with Crippen LogP contribution in [0.15, 0.2) is 16.9 Å². The van der Waals surface area contributed by atoms with Crippen LogP contribution in [0.4, 0.5) is 0 Å². The molecule has 0 radical (unpaired) electrons. The molecule has 0 unspecified atom stereocenters. The minimum absolute atomic E-state index is 0.120. The Hall–Kier alpha value is -2.15. The highest BCUT2D eigenvalue weighted by atomic mass is 16.5. The number of aromatic amines is 1. The summed E-state index contributed by atoms with van der Waals surface area (Å²) in [5.74, 6) is -0.479. The standard InChI is InChI=1S/C16H24N2O5/c1-5-6-7-9-22-10-8-12-17-13(16(20)21-4)14(15(19)18-12)23-11(2)3/h6-7,11H,5,8-10H2,1-4H3,(H,17,18,19). The molecule has 1 heterocycles. The Morgan fingerprint density at radius 3 is 2.70 bits per heavy atom. The highest BCUT2D eigenvalue weighted by molar-refractivity contribution is 5.90. The van der Waals surface area contributed by atoms with E-state index in [9.17, 15) is 9.59 Å². The third-order valence-corrected chi connectivity index (χ3v) is 2.76.